The number of hydrogen-bond acceptors (Lipinski definition) is 12. The maximum Gasteiger partial charge on any atom is 0.254 e. The average molecular weight is 1010 g/mol. The number of anilines is 2. The Morgan fingerprint density at radius 1 is 0.746 bits per heavy atom. The van der Waals surface area contributed by atoms with E-state index in [1.54, 1.807) is 73.1 Å². The Morgan fingerprint density at radius 2 is 1.27 bits per heavy atom. The van der Waals surface area contributed by atoms with Gasteiger partial charge >= 0.3 is 0 Å². The van der Waals surface area contributed by atoms with Gasteiger partial charge in [-0.3, -0.25) is 14.4 Å². The Kier molecular flexibility index (Phi) is 16.2. The van der Waals surface area contributed by atoms with E-state index in [4.69, 9.17) is 39.4 Å². The van der Waals surface area contributed by atoms with Gasteiger partial charge in [0, 0.05) is 58.6 Å². The third-order valence-electron chi connectivity index (χ3n) is 13.1. The van der Waals surface area contributed by atoms with E-state index >= 15 is 4.39 Å². The molecule has 0 bridgehead atoms. The number of pyridine rings is 2. The molecule has 3 amide bonds. The monoisotopic (exact) mass is 1010 g/mol. The predicted molar refractivity (Wildman–Crippen MR) is 265 cm³/mol. The number of nitrogens with zero attached hydrogens (tertiary/aromatic N) is 3. The lowest BCUT2D eigenvalue weighted by Gasteiger charge is -2.28. The summed E-state index contributed by atoms with van der Waals surface area (Å²) in [6.45, 7) is 1.22. The number of halogens is 4. The number of nitrogens with one attached hydrogen (secondary N) is 3. The summed E-state index contributed by atoms with van der Waals surface area (Å²) in [5.74, 6) is -2.07. The molecule has 0 radical (unpaired) electrons. The van der Waals surface area contributed by atoms with Gasteiger partial charge in [-0.2, -0.15) is 0 Å². The van der Waals surface area contributed by atoms with Crippen LogP contribution in [0, 0.1) is 11.6 Å². The van der Waals surface area contributed by atoms with Crippen LogP contribution < -0.4 is 27.4 Å². The Morgan fingerprint density at radius 3 is 1.72 bits per heavy atom. The first kappa shape index (κ1) is 50.8. The smallest absolute Gasteiger partial charge is 0.254 e. The topological polar surface area (TPSA) is 238 Å². The molecule has 0 saturated carbocycles. The van der Waals surface area contributed by atoms with E-state index in [2.05, 4.69) is 25.9 Å². The van der Waals surface area contributed by atoms with Gasteiger partial charge in [0.05, 0.1) is 55.7 Å². The number of carbonyl (C=O) groups excluding carboxylic acids is 3. The highest BCUT2D eigenvalue weighted by atomic mass is 35.5. The number of nitrogens with two attached hydrogens (primary N) is 2. The lowest BCUT2D eigenvalue weighted by atomic mass is 9.94. The van der Waals surface area contributed by atoms with E-state index in [-0.39, 0.29) is 79.0 Å². The van der Waals surface area contributed by atoms with Crippen molar-refractivity contribution in [3.05, 3.63) is 165 Å². The fraction of sp³-hybridized carbons (Fsp3) is 0.288. The molecule has 3 aliphatic rings. The maximum absolute atomic E-state index is 15.1. The molecule has 71 heavy (non-hydrogen) atoms. The summed E-state index contributed by atoms with van der Waals surface area (Å²) in [5, 5.41) is 38.3. The number of nitrogen functional groups attached to an aromatic ring is 2. The summed E-state index contributed by atoms with van der Waals surface area (Å²) in [4.78, 5) is 48.2. The SMILES string of the molecule is Nc1ncc([C@@H]2CN[C@H](CO)C2)cc1-c1ccc(C(=O)N[C@H](CO)c2cccc(Cl)c2)c(F)c1.Nc1ncc([C@H]2C[C@H]3COCC(=O)N3C2)cc1-c1ccc(C(=O)N[C@H](CO)c2cccc(Cl)c2)c(F)c1. The van der Waals surface area contributed by atoms with Gasteiger partial charge < -0.3 is 52.4 Å². The molecule has 370 valence electrons. The molecular weight excluding hydrogens is 958 g/mol. The van der Waals surface area contributed by atoms with Gasteiger partial charge in [-0.1, -0.05) is 59.6 Å². The van der Waals surface area contributed by atoms with Crippen molar-refractivity contribution in [2.24, 2.45) is 0 Å². The highest BCUT2D eigenvalue weighted by molar-refractivity contribution is 6.31. The zero-order valence-corrected chi connectivity index (χ0v) is 39.7. The molecule has 9 rings (SSSR count). The second-order valence-corrected chi connectivity index (χ2v) is 18.6. The predicted octanol–water partition coefficient (Wildman–Crippen LogP) is 6.33. The number of hydrogen-bond donors (Lipinski definition) is 8. The molecule has 2 aromatic heterocycles. The van der Waals surface area contributed by atoms with Crippen molar-refractivity contribution in [2.45, 2.75) is 48.8 Å². The molecule has 0 spiro atoms. The zero-order valence-electron chi connectivity index (χ0n) is 38.2. The number of aliphatic hydroxyl groups is 3. The molecule has 0 aliphatic carbocycles. The van der Waals surface area contributed by atoms with Crippen LogP contribution in [0.2, 0.25) is 10.0 Å². The number of benzene rings is 4. The lowest BCUT2D eigenvalue weighted by Crippen LogP contribution is -2.45. The van der Waals surface area contributed by atoms with Gasteiger partial charge in [-0.05, 0) is 113 Å². The summed E-state index contributed by atoms with van der Waals surface area (Å²) >= 11 is 12.0. The Hall–Kier alpha value is -6.57. The van der Waals surface area contributed by atoms with Crippen LogP contribution in [-0.2, 0) is 9.53 Å². The molecule has 15 nitrogen and oxygen atoms in total. The van der Waals surface area contributed by atoms with Gasteiger partial charge in [0.1, 0.15) is 29.9 Å². The van der Waals surface area contributed by atoms with Gasteiger partial charge in [0.15, 0.2) is 0 Å². The normalized spacial score (nSPS) is 19.3. The molecule has 3 fully saturated rings. The summed E-state index contributed by atoms with van der Waals surface area (Å²) in [5.41, 5.74) is 17.0. The highest BCUT2D eigenvalue weighted by Crippen LogP contribution is 2.37. The minimum atomic E-state index is -0.745. The summed E-state index contributed by atoms with van der Waals surface area (Å²) in [6.07, 6.45) is 4.92. The van der Waals surface area contributed by atoms with Crippen LogP contribution in [0.5, 0.6) is 0 Å². The molecule has 5 heterocycles. The number of morpholine rings is 1. The van der Waals surface area contributed by atoms with E-state index in [1.165, 1.54) is 24.3 Å². The third kappa shape index (κ3) is 11.8. The summed E-state index contributed by atoms with van der Waals surface area (Å²) < 4.78 is 35.5. The molecule has 19 heteroatoms. The third-order valence-corrected chi connectivity index (χ3v) is 13.5. The van der Waals surface area contributed by atoms with Crippen LogP contribution in [-0.4, -0.2) is 106 Å². The largest absolute Gasteiger partial charge is 0.395 e. The Labute approximate surface area is 418 Å². The fourth-order valence-corrected chi connectivity index (χ4v) is 9.61. The van der Waals surface area contributed by atoms with Gasteiger partial charge in [-0.25, -0.2) is 18.7 Å². The van der Waals surface area contributed by atoms with E-state index in [0.717, 1.165) is 24.0 Å². The minimum Gasteiger partial charge on any atom is -0.395 e. The molecular formula is C52H52Cl2F2N8O7. The Balaban J connectivity index is 0.000000191. The van der Waals surface area contributed by atoms with Crippen molar-refractivity contribution < 1.29 is 43.2 Å². The molecule has 0 unspecified atom stereocenters. The number of fused-ring (bicyclic) bond motifs is 1. The second kappa shape index (κ2) is 22.7. The highest BCUT2D eigenvalue weighted by Gasteiger charge is 2.39. The van der Waals surface area contributed by atoms with E-state index < -0.39 is 35.5 Å². The van der Waals surface area contributed by atoms with Crippen LogP contribution >= 0.6 is 23.2 Å². The van der Waals surface area contributed by atoms with Crippen molar-refractivity contribution in [2.75, 3.05) is 57.6 Å². The first-order chi connectivity index (χ1) is 34.2. The van der Waals surface area contributed by atoms with E-state index in [0.29, 0.717) is 63.1 Å². The van der Waals surface area contributed by atoms with Crippen LogP contribution in [0.25, 0.3) is 22.3 Å². The first-order valence-corrected chi connectivity index (χ1v) is 23.7. The average Bonchev–Trinajstić information content (AvgIpc) is 4.04. The van der Waals surface area contributed by atoms with Gasteiger partial charge in [-0.15, -0.1) is 0 Å². The van der Waals surface area contributed by atoms with Crippen molar-refractivity contribution in [1.82, 2.24) is 30.8 Å². The van der Waals surface area contributed by atoms with Crippen LogP contribution in [0.1, 0.15) is 79.7 Å². The van der Waals surface area contributed by atoms with E-state index in [1.807, 2.05) is 17.0 Å². The van der Waals surface area contributed by atoms with Crippen molar-refractivity contribution in [3.63, 3.8) is 0 Å². The van der Waals surface area contributed by atoms with Crippen molar-refractivity contribution in [1.29, 1.82) is 0 Å². The van der Waals surface area contributed by atoms with Crippen molar-refractivity contribution in [3.8, 4) is 22.3 Å². The number of aliphatic hydroxyl groups excluding tert-OH is 3. The standard InChI is InChI=1S/C27H26ClFN4O4.C25H26ClFN4O3/c28-19-3-1-2-16(6-19)24(12-34)32-27(36)21-5-4-15(9-23(21)29)22-8-17(10-31-26(22)30)18-7-20-13-37-14-25(35)33(20)11-18;26-18-3-1-2-15(6-18)23(13-33)31-25(34)20-5-4-14(9-22(20)27)21-8-17(11-30-24(21)28)16-7-19(12-32)29-10-16/h1-6,8-10,18,20,24,34H,7,11-14H2,(H2,30,31)(H,32,36);1-6,8-9,11,16,19,23,29,32-33H,7,10,12-13H2,(H2,28,30)(H,31,34)/t18-,20-,24+;16-,19-,23+/m00/s1. The summed E-state index contributed by atoms with van der Waals surface area (Å²) in [6, 6.07) is 24.3. The number of ether oxygens (including phenoxy) is 1. The van der Waals surface area contributed by atoms with Crippen molar-refractivity contribution >= 4 is 52.6 Å². The molecule has 4 aromatic carbocycles. The number of aromatic nitrogens is 2. The van der Waals surface area contributed by atoms with Gasteiger partial charge in [0.25, 0.3) is 11.8 Å². The molecule has 10 N–H and O–H groups in total. The molecule has 6 aromatic rings. The van der Waals surface area contributed by atoms with Crippen LogP contribution in [0.4, 0.5) is 20.4 Å². The molecule has 3 saturated heterocycles. The maximum atomic E-state index is 15.1. The molecule has 6 atom stereocenters. The van der Waals surface area contributed by atoms with Crippen LogP contribution in [0.3, 0.4) is 0 Å². The number of carbonyl (C=O) groups is 3. The first-order valence-electron chi connectivity index (χ1n) is 22.9. The van der Waals surface area contributed by atoms with Crippen LogP contribution in [0.15, 0.2) is 109 Å². The second-order valence-electron chi connectivity index (χ2n) is 17.7. The summed E-state index contributed by atoms with van der Waals surface area (Å²) in [7, 11) is 0. The zero-order chi connectivity index (χ0) is 50.3. The van der Waals surface area contributed by atoms with E-state index in [9.17, 15) is 34.1 Å². The minimum absolute atomic E-state index is 0.0166. The number of amides is 3. The van der Waals surface area contributed by atoms with Gasteiger partial charge in [0.2, 0.25) is 5.91 Å². The quantitative estimate of drug-likeness (QED) is 0.0634. The fourth-order valence-electron chi connectivity index (χ4n) is 9.21. The lowest BCUT2D eigenvalue weighted by molar-refractivity contribution is -0.145. The Bertz CT molecular complexity index is 2930. The number of rotatable bonds is 13. The molecule has 3 aliphatic heterocycles.